The van der Waals surface area contributed by atoms with Crippen molar-refractivity contribution in [2.45, 2.75) is 20.0 Å². The van der Waals surface area contributed by atoms with E-state index in [4.69, 9.17) is 10.5 Å². The standard InChI is InChI=1S/C14H16N2O/c1-10(2)17-13-8-4-3-6-11(13)12-7-5-9-14(15)16-12/h3-10H,1-2H3,(H2,15,16). The SMILES string of the molecule is CC(C)Oc1ccccc1-c1cccc(N)n1. The number of ether oxygens (including phenoxy) is 1. The summed E-state index contributed by atoms with van der Waals surface area (Å²) in [6.07, 6.45) is 0.136. The molecule has 1 aromatic heterocycles. The first-order valence-corrected chi connectivity index (χ1v) is 5.65. The minimum atomic E-state index is 0.136. The molecule has 0 radical (unpaired) electrons. The monoisotopic (exact) mass is 228 g/mol. The van der Waals surface area contributed by atoms with Gasteiger partial charge in [0.25, 0.3) is 0 Å². The molecule has 0 saturated carbocycles. The molecular formula is C14H16N2O. The quantitative estimate of drug-likeness (QED) is 0.878. The van der Waals surface area contributed by atoms with Crippen LogP contribution in [0.5, 0.6) is 5.75 Å². The van der Waals surface area contributed by atoms with Crippen molar-refractivity contribution in [1.29, 1.82) is 0 Å². The largest absolute Gasteiger partial charge is 0.490 e. The maximum absolute atomic E-state index is 5.76. The third kappa shape index (κ3) is 2.75. The molecular weight excluding hydrogens is 212 g/mol. The molecule has 0 spiro atoms. The fraction of sp³-hybridized carbons (Fsp3) is 0.214. The average molecular weight is 228 g/mol. The lowest BCUT2D eigenvalue weighted by molar-refractivity contribution is 0.243. The minimum Gasteiger partial charge on any atom is -0.490 e. The molecule has 88 valence electrons. The first kappa shape index (κ1) is 11.5. The van der Waals surface area contributed by atoms with E-state index in [1.54, 1.807) is 6.07 Å². The first-order valence-electron chi connectivity index (χ1n) is 5.65. The lowest BCUT2D eigenvalue weighted by atomic mass is 10.1. The van der Waals surface area contributed by atoms with Crippen molar-refractivity contribution in [1.82, 2.24) is 4.98 Å². The molecule has 17 heavy (non-hydrogen) atoms. The number of rotatable bonds is 3. The van der Waals surface area contributed by atoms with Crippen LogP contribution in [0, 0.1) is 0 Å². The van der Waals surface area contributed by atoms with Gasteiger partial charge in [-0.05, 0) is 38.1 Å². The Balaban J connectivity index is 2.44. The summed E-state index contributed by atoms with van der Waals surface area (Å²) in [5, 5.41) is 0. The zero-order valence-electron chi connectivity index (χ0n) is 10.1. The van der Waals surface area contributed by atoms with E-state index >= 15 is 0 Å². The fourth-order valence-corrected chi connectivity index (χ4v) is 1.64. The van der Waals surface area contributed by atoms with Crippen molar-refractivity contribution in [3.63, 3.8) is 0 Å². The summed E-state index contributed by atoms with van der Waals surface area (Å²) < 4.78 is 5.76. The molecule has 3 heteroatoms. The Kier molecular flexibility index (Phi) is 3.28. The van der Waals surface area contributed by atoms with Gasteiger partial charge in [-0.25, -0.2) is 4.98 Å². The van der Waals surface area contributed by atoms with Crippen molar-refractivity contribution in [2.75, 3.05) is 5.73 Å². The van der Waals surface area contributed by atoms with E-state index in [1.807, 2.05) is 50.2 Å². The zero-order chi connectivity index (χ0) is 12.3. The molecule has 2 rings (SSSR count). The Labute approximate surface area is 101 Å². The van der Waals surface area contributed by atoms with Crippen molar-refractivity contribution in [3.05, 3.63) is 42.5 Å². The molecule has 3 nitrogen and oxygen atoms in total. The second kappa shape index (κ2) is 4.87. The second-order valence-electron chi connectivity index (χ2n) is 4.11. The highest BCUT2D eigenvalue weighted by atomic mass is 16.5. The summed E-state index contributed by atoms with van der Waals surface area (Å²) in [6, 6.07) is 13.4. The minimum absolute atomic E-state index is 0.136. The van der Waals surface area contributed by atoms with Crippen LogP contribution in [0.3, 0.4) is 0 Å². The normalized spacial score (nSPS) is 10.5. The number of nitrogen functional groups attached to an aromatic ring is 1. The maximum Gasteiger partial charge on any atom is 0.129 e. The Hall–Kier alpha value is -2.03. The van der Waals surface area contributed by atoms with Crippen LogP contribution in [0.4, 0.5) is 5.82 Å². The van der Waals surface area contributed by atoms with Gasteiger partial charge in [0.2, 0.25) is 0 Å². The number of hydrogen-bond acceptors (Lipinski definition) is 3. The third-order valence-corrected chi connectivity index (χ3v) is 2.30. The summed E-state index contributed by atoms with van der Waals surface area (Å²) in [5.41, 5.74) is 7.50. The second-order valence-corrected chi connectivity index (χ2v) is 4.11. The van der Waals surface area contributed by atoms with E-state index in [9.17, 15) is 0 Å². The van der Waals surface area contributed by atoms with Gasteiger partial charge in [0.05, 0.1) is 11.8 Å². The molecule has 0 fully saturated rings. The van der Waals surface area contributed by atoms with Crippen LogP contribution in [0.1, 0.15) is 13.8 Å². The van der Waals surface area contributed by atoms with Crippen LogP contribution in [0.2, 0.25) is 0 Å². The molecule has 1 aromatic carbocycles. The van der Waals surface area contributed by atoms with Crippen LogP contribution in [0.15, 0.2) is 42.5 Å². The Morgan fingerprint density at radius 3 is 2.53 bits per heavy atom. The molecule has 2 N–H and O–H groups in total. The number of nitrogens with two attached hydrogens (primary N) is 1. The Morgan fingerprint density at radius 2 is 1.82 bits per heavy atom. The summed E-state index contributed by atoms with van der Waals surface area (Å²) >= 11 is 0. The highest BCUT2D eigenvalue weighted by Crippen LogP contribution is 2.29. The van der Waals surface area contributed by atoms with Gasteiger partial charge in [-0.3, -0.25) is 0 Å². The molecule has 0 aliphatic rings. The third-order valence-electron chi connectivity index (χ3n) is 2.30. The fourth-order valence-electron chi connectivity index (χ4n) is 1.64. The summed E-state index contributed by atoms with van der Waals surface area (Å²) in [7, 11) is 0. The average Bonchev–Trinajstić information content (AvgIpc) is 2.29. The summed E-state index contributed by atoms with van der Waals surface area (Å²) in [4.78, 5) is 4.31. The number of nitrogens with zero attached hydrogens (tertiary/aromatic N) is 1. The van der Waals surface area contributed by atoms with E-state index in [0.29, 0.717) is 5.82 Å². The molecule has 0 atom stereocenters. The van der Waals surface area contributed by atoms with Gasteiger partial charge in [0.1, 0.15) is 11.6 Å². The van der Waals surface area contributed by atoms with Gasteiger partial charge in [-0.1, -0.05) is 18.2 Å². The molecule has 0 unspecified atom stereocenters. The van der Waals surface area contributed by atoms with Gasteiger partial charge in [0, 0.05) is 5.56 Å². The molecule has 0 bridgehead atoms. The molecule has 1 heterocycles. The molecule has 0 saturated heterocycles. The predicted octanol–water partition coefficient (Wildman–Crippen LogP) is 3.12. The first-order chi connectivity index (χ1) is 8.16. The lowest BCUT2D eigenvalue weighted by Gasteiger charge is -2.13. The van der Waals surface area contributed by atoms with Crippen molar-refractivity contribution < 1.29 is 4.74 Å². The van der Waals surface area contributed by atoms with Crippen LogP contribution in [-0.2, 0) is 0 Å². The number of hydrogen-bond donors (Lipinski definition) is 1. The number of anilines is 1. The van der Waals surface area contributed by atoms with Crippen molar-refractivity contribution >= 4 is 5.82 Å². The van der Waals surface area contributed by atoms with Gasteiger partial charge in [-0.2, -0.15) is 0 Å². The molecule has 0 amide bonds. The van der Waals surface area contributed by atoms with Gasteiger partial charge in [-0.15, -0.1) is 0 Å². The Morgan fingerprint density at radius 1 is 1.06 bits per heavy atom. The smallest absolute Gasteiger partial charge is 0.129 e. The van der Waals surface area contributed by atoms with E-state index in [2.05, 4.69) is 4.98 Å². The maximum atomic E-state index is 5.76. The van der Waals surface area contributed by atoms with Crippen LogP contribution < -0.4 is 10.5 Å². The summed E-state index contributed by atoms with van der Waals surface area (Å²) in [6.45, 7) is 4.01. The van der Waals surface area contributed by atoms with Crippen molar-refractivity contribution in [2.24, 2.45) is 0 Å². The zero-order valence-corrected chi connectivity index (χ0v) is 10.1. The van der Waals surface area contributed by atoms with Crippen LogP contribution in [0.25, 0.3) is 11.3 Å². The van der Waals surface area contributed by atoms with Gasteiger partial charge >= 0.3 is 0 Å². The van der Waals surface area contributed by atoms with Gasteiger partial charge in [0.15, 0.2) is 0 Å². The van der Waals surface area contributed by atoms with Crippen molar-refractivity contribution in [3.8, 4) is 17.0 Å². The number of para-hydroxylation sites is 1. The number of aromatic nitrogens is 1. The molecule has 2 aromatic rings. The topological polar surface area (TPSA) is 48.1 Å². The van der Waals surface area contributed by atoms with E-state index in [0.717, 1.165) is 17.0 Å². The van der Waals surface area contributed by atoms with E-state index < -0.39 is 0 Å². The van der Waals surface area contributed by atoms with Crippen LogP contribution in [-0.4, -0.2) is 11.1 Å². The highest BCUT2D eigenvalue weighted by Gasteiger charge is 2.08. The lowest BCUT2D eigenvalue weighted by Crippen LogP contribution is -2.06. The molecule has 0 aliphatic carbocycles. The van der Waals surface area contributed by atoms with E-state index in [1.165, 1.54) is 0 Å². The Bertz CT molecular complexity index is 509. The number of benzene rings is 1. The summed E-state index contributed by atoms with van der Waals surface area (Å²) in [5.74, 6) is 1.35. The highest BCUT2D eigenvalue weighted by molar-refractivity contribution is 5.68. The number of pyridine rings is 1. The van der Waals surface area contributed by atoms with Gasteiger partial charge < -0.3 is 10.5 Å². The molecule has 0 aliphatic heterocycles. The van der Waals surface area contributed by atoms with E-state index in [-0.39, 0.29) is 6.10 Å². The van der Waals surface area contributed by atoms with Crippen LogP contribution >= 0.6 is 0 Å². The predicted molar refractivity (Wildman–Crippen MR) is 69.8 cm³/mol.